The first-order valence-electron chi connectivity index (χ1n) is 12.1. The van der Waals surface area contributed by atoms with E-state index in [0.717, 1.165) is 36.4 Å². The van der Waals surface area contributed by atoms with Gasteiger partial charge in [-0.15, -0.1) is 11.3 Å². The Hall–Kier alpha value is -2.98. The minimum atomic E-state index is -1.27. The maximum Gasteiger partial charge on any atom is 0.292 e. The molecule has 3 aromatic rings. The van der Waals surface area contributed by atoms with Crippen LogP contribution < -0.4 is 14.8 Å². The molecule has 0 radical (unpaired) electrons. The van der Waals surface area contributed by atoms with Crippen molar-refractivity contribution < 1.29 is 28.6 Å². The van der Waals surface area contributed by atoms with Crippen LogP contribution in [-0.2, 0) is 4.79 Å². The van der Waals surface area contributed by atoms with E-state index in [4.69, 9.17) is 21.1 Å². The van der Waals surface area contributed by atoms with Gasteiger partial charge in [-0.2, -0.15) is 0 Å². The average Bonchev–Trinajstić information content (AvgIpc) is 3.59. The molecule has 0 saturated carbocycles. The summed E-state index contributed by atoms with van der Waals surface area (Å²) < 4.78 is 26.1. The fourth-order valence-electron chi connectivity index (χ4n) is 4.62. The SMILES string of the molecule is O=C(N[C@H](CN1CCCC1)[C@H](O)c1cc(F)c2c(c1)OCCO2)C(=O)c1ccc(-c2ccc(Cl)s2)cc1. The lowest BCUT2D eigenvalue weighted by Gasteiger charge is -2.29. The van der Waals surface area contributed by atoms with Crippen LogP contribution in [0, 0.1) is 5.82 Å². The number of hydrogen-bond acceptors (Lipinski definition) is 7. The minimum Gasteiger partial charge on any atom is -0.486 e. The van der Waals surface area contributed by atoms with E-state index in [9.17, 15) is 19.1 Å². The second kappa shape index (κ2) is 11.2. The van der Waals surface area contributed by atoms with Gasteiger partial charge in [0.2, 0.25) is 5.78 Å². The molecule has 2 aliphatic heterocycles. The molecule has 0 unspecified atom stereocenters. The highest BCUT2D eigenvalue weighted by Gasteiger charge is 2.31. The molecule has 0 bridgehead atoms. The Kier molecular flexibility index (Phi) is 7.76. The van der Waals surface area contributed by atoms with Gasteiger partial charge in [-0.1, -0.05) is 35.9 Å². The number of aliphatic hydroxyl groups is 1. The molecule has 1 fully saturated rings. The summed E-state index contributed by atoms with van der Waals surface area (Å²) in [5.74, 6) is -2.00. The van der Waals surface area contributed by atoms with Gasteiger partial charge in [0, 0.05) is 17.0 Å². The summed E-state index contributed by atoms with van der Waals surface area (Å²) in [5, 5.41) is 13.9. The molecule has 1 aromatic heterocycles. The molecule has 1 saturated heterocycles. The molecule has 0 spiro atoms. The average molecular weight is 545 g/mol. The second-order valence-corrected chi connectivity index (χ2v) is 10.8. The van der Waals surface area contributed by atoms with Crippen molar-refractivity contribution in [2.75, 3.05) is 32.8 Å². The smallest absolute Gasteiger partial charge is 0.292 e. The van der Waals surface area contributed by atoms with Crippen molar-refractivity contribution in [2.24, 2.45) is 0 Å². The number of aliphatic hydroxyl groups excluding tert-OH is 1. The number of fused-ring (bicyclic) bond motifs is 1. The molecule has 194 valence electrons. The van der Waals surface area contributed by atoms with Gasteiger partial charge >= 0.3 is 0 Å². The predicted molar refractivity (Wildman–Crippen MR) is 139 cm³/mol. The Morgan fingerprint density at radius 1 is 1.08 bits per heavy atom. The number of halogens is 2. The summed E-state index contributed by atoms with van der Waals surface area (Å²) in [6.07, 6.45) is 0.750. The molecule has 5 rings (SSSR count). The molecule has 10 heteroatoms. The summed E-state index contributed by atoms with van der Waals surface area (Å²) in [4.78, 5) is 29.0. The lowest BCUT2D eigenvalue weighted by atomic mass is 9.99. The van der Waals surface area contributed by atoms with Crippen LogP contribution in [-0.4, -0.2) is 60.6 Å². The Labute approximate surface area is 222 Å². The second-order valence-electron chi connectivity index (χ2n) is 9.07. The van der Waals surface area contributed by atoms with Gasteiger partial charge in [-0.3, -0.25) is 9.59 Å². The molecule has 2 aliphatic rings. The first-order valence-corrected chi connectivity index (χ1v) is 13.3. The highest BCUT2D eigenvalue weighted by molar-refractivity contribution is 7.19. The van der Waals surface area contributed by atoms with Crippen molar-refractivity contribution in [1.29, 1.82) is 0 Å². The molecule has 2 N–H and O–H groups in total. The summed E-state index contributed by atoms with van der Waals surface area (Å²) in [7, 11) is 0. The van der Waals surface area contributed by atoms with Crippen LogP contribution in [0.25, 0.3) is 10.4 Å². The van der Waals surface area contributed by atoms with E-state index in [1.165, 1.54) is 23.5 Å². The maximum absolute atomic E-state index is 14.7. The number of amides is 1. The zero-order valence-corrected chi connectivity index (χ0v) is 21.5. The number of nitrogens with zero attached hydrogens (tertiary/aromatic N) is 1. The molecule has 37 heavy (non-hydrogen) atoms. The van der Waals surface area contributed by atoms with Crippen molar-refractivity contribution in [3.8, 4) is 21.9 Å². The van der Waals surface area contributed by atoms with Crippen molar-refractivity contribution in [3.63, 3.8) is 0 Å². The van der Waals surface area contributed by atoms with E-state index in [1.807, 2.05) is 6.07 Å². The molecular weight excluding hydrogens is 519 g/mol. The zero-order valence-electron chi connectivity index (χ0n) is 19.9. The van der Waals surface area contributed by atoms with Crippen molar-refractivity contribution in [1.82, 2.24) is 10.2 Å². The summed E-state index contributed by atoms with van der Waals surface area (Å²) in [5.41, 5.74) is 1.35. The number of rotatable bonds is 8. The van der Waals surface area contributed by atoms with E-state index in [1.54, 1.807) is 30.3 Å². The lowest BCUT2D eigenvalue weighted by molar-refractivity contribution is -0.118. The topological polar surface area (TPSA) is 88.1 Å². The molecule has 2 atom stereocenters. The van der Waals surface area contributed by atoms with Gasteiger partial charge in [0.15, 0.2) is 17.3 Å². The largest absolute Gasteiger partial charge is 0.486 e. The zero-order chi connectivity index (χ0) is 25.9. The molecule has 0 aliphatic carbocycles. The highest BCUT2D eigenvalue weighted by Crippen LogP contribution is 2.36. The fourth-order valence-corrected chi connectivity index (χ4v) is 5.67. The van der Waals surface area contributed by atoms with Crippen LogP contribution in [0.2, 0.25) is 4.34 Å². The van der Waals surface area contributed by atoms with Gasteiger partial charge in [0.25, 0.3) is 5.91 Å². The number of ketones is 1. The molecular formula is C27H26ClFN2O5S. The van der Waals surface area contributed by atoms with Crippen LogP contribution >= 0.6 is 22.9 Å². The van der Waals surface area contributed by atoms with E-state index in [2.05, 4.69) is 10.2 Å². The molecule has 2 aromatic carbocycles. The number of carbonyl (C=O) groups is 2. The van der Waals surface area contributed by atoms with Gasteiger partial charge in [-0.25, -0.2) is 4.39 Å². The van der Waals surface area contributed by atoms with Gasteiger partial charge in [0.1, 0.15) is 19.3 Å². The van der Waals surface area contributed by atoms with Crippen LogP contribution in [0.4, 0.5) is 4.39 Å². The van der Waals surface area contributed by atoms with Gasteiger partial charge < -0.3 is 24.8 Å². The normalized spacial score (nSPS) is 16.8. The monoisotopic (exact) mass is 544 g/mol. The van der Waals surface area contributed by atoms with E-state index in [-0.39, 0.29) is 35.8 Å². The Balaban J connectivity index is 1.34. The number of nitrogens with one attached hydrogen (secondary N) is 1. The minimum absolute atomic E-state index is 0.00535. The number of Topliss-reactive ketones (excluding diaryl/α,β-unsaturated/α-hetero) is 1. The molecule has 7 nitrogen and oxygen atoms in total. The number of thiophene rings is 1. The number of ether oxygens (including phenoxy) is 2. The first-order chi connectivity index (χ1) is 17.9. The van der Waals surface area contributed by atoms with Gasteiger partial charge in [-0.05, 0) is 61.3 Å². The number of likely N-dealkylation sites (tertiary alicyclic amines) is 1. The summed E-state index contributed by atoms with van der Waals surface area (Å²) in [6.45, 7) is 2.46. The number of carbonyl (C=O) groups excluding carboxylic acids is 2. The van der Waals surface area contributed by atoms with Crippen molar-refractivity contribution in [3.05, 3.63) is 69.8 Å². The third-order valence-corrected chi connectivity index (χ3v) is 7.80. The van der Waals surface area contributed by atoms with Crippen LogP contribution in [0.3, 0.4) is 0 Å². The lowest BCUT2D eigenvalue weighted by Crippen LogP contribution is -2.48. The Morgan fingerprint density at radius 2 is 1.81 bits per heavy atom. The van der Waals surface area contributed by atoms with Crippen LogP contribution in [0.15, 0.2) is 48.5 Å². The molecule has 3 heterocycles. The third-order valence-electron chi connectivity index (χ3n) is 6.52. The quantitative estimate of drug-likeness (QED) is 0.321. The van der Waals surface area contributed by atoms with E-state index < -0.39 is 29.7 Å². The molecule has 1 amide bonds. The fraction of sp³-hybridized carbons (Fsp3) is 0.333. The maximum atomic E-state index is 14.7. The Morgan fingerprint density at radius 3 is 2.51 bits per heavy atom. The Bertz CT molecular complexity index is 1290. The highest BCUT2D eigenvalue weighted by atomic mass is 35.5. The van der Waals surface area contributed by atoms with E-state index in [0.29, 0.717) is 10.9 Å². The van der Waals surface area contributed by atoms with Crippen LogP contribution in [0.5, 0.6) is 11.5 Å². The van der Waals surface area contributed by atoms with Crippen LogP contribution in [0.1, 0.15) is 34.9 Å². The van der Waals surface area contributed by atoms with E-state index >= 15 is 0 Å². The number of hydrogen-bond donors (Lipinski definition) is 2. The predicted octanol–water partition coefficient (Wildman–Crippen LogP) is 4.48. The third kappa shape index (κ3) is 5.80. The summed E-state index contributed by atoms with van der Waals surface area (Å²) in [6, 6.07) is 12.2. The number of benzene rings is 2. The standard InChI is InChI=1S/C27H26ClFN2O5S/c28-23-8-7-22(37-23)16-3-5-17(6-4-16)25(33)27(34)30-20(15-31-9-1-2-10-31)24(32)18-13-19(29)26-21(14-18)35-11-12-36-26/h3-8,13-14,20,24,32H,1-2,9-12,15H2,(H,30,34)/t20-,24-/m1/s1. The van der Waals surface area contributed by atoms with Crippen molar-refractivity contribution >= 4 is 34.6 Å². The first kappa shape index (κ1) is 25.7. The van der Waals surface area contributed by atoms with Gasteiger partial charge in [0.05, 0.1) is 10.4 Å². The van der Waals surface area contributed by atoms with Crippen molar-refractivity contribution in [2.45, 2.75) is 25.0 Å². The summed E-state index contributed by atoms with van der Waals surface area (Å²) >= 11 is 7.43.